The van der Waals surface area contributed by atoms with Gasteiger partial charge in [0, 0.05) is 12.7 Å². The number of furan rings is 1. The Balaban J connectivity index is 2.04. The van der Waals surface area contributed by atoms with E-state index in [2.05, 4.69) is 9.82 Å². The number of nitrogens with two attached hydrogens (primary N) is 1. The predicted octanol–water partition coefficient (Wildman–Crippen LogP) is 0.222. The van der Waals surface area contributed by atoms with Crippen molar-refractivity contribution in [2.45, 2.75) is 24.9 Å². The molecule has 0 bridgehead atoms. The highest BCUT2D eigenvalue weighted by Gasteiger charge is 2.16. The van der Waals surface area contributed by atoms with Gasteiger partial charge in [0.15, 0.2) is 0 Å². The smallest absolute Gasteiger partial charge is 0.244 e. The van der Waals surface area contributed by atoms with Crippen LogP contribution in [0.4, 0.5) is 0 Å². The molecule has 0 saturated heterocycles. The van der Waals surface area contributed by atoms with Crippen LogP contribution in [0, 0.1) is 6.92 Å². The molecule has 0 amide bonds. The molecule has 2 aromatic heterocycles. The molecule has 0 unspecified atom stereocenters. The number of nitrogens with one attached hydrogen (secondary N) is 1. The maximum Gasteiger partial charge on any atom is 0.244 e. The highest BCUT2D eigenvalue weighted by molar-refractivity contribution is 7.89. The van der Waals surface area contributed by atoms with E-state index >= 15 is 0 Å². The van der Waals surface area contributed by atoms with Gasteiger partial charge in [-0.1, -0.05) is 0 Å². The summed E-state index contributed by atoms with van der Waals surface area (Å²) in [6.07, 6.45) is 2.74. The molecular formula is C11H16N4O3S. The maximum atomic E-state index is 12.0. The van der Waals surface area contributed by atoms with Gasteiger partial charge < -0.3 is 10.2 Å². The molecule has 0 atom stereocenters. The monoisotopic (exact) mass is 284 g/mol. The summed E-state index contributed by atoms with van der Waals surface area (Å²) < 4.78 is 33.2. The SMILES string of the molecule is Cc1ccc(CNS(=O)(=O)c2cnn(CCN)c2)o1. The first-order valence-electron chi connectivity index (χ1n) is 5.79. The van der Waals surface area contributed by atoms with Crippen molar-refractivity contribution in [3.8, 4) is 0 Å². The third-order valence-corrected chi connectivity index (χ3v) is 3.87. The van der Waals surface area contributed by atoms with Gasteiger partial charge in [-0.15, -0.1) is 0 Å². The maximum absolute atomic E-state index is 12.0. The molecule has 104 valence electrons. The summed E-state index contributed by atoms with van der Waals surface area (Å²) in [5.41, 5.74) is 5.38. The lowest BCUT2D eigenvalue weighted by molar-refractivity contribution is 0.475. The standard InChI is InChI=1S/C11H16N4O3S/c1-9-2-3-10(18-9)6-14-19(16,17)11-7-13-15(8-11)5-4-12/h2-3,7-8,14H,4-6,12H2,1H3. The number of aromatic nitrogens is 2. The zero-order valence-corrected chi connectivity index (χ0v) is 11.4. The van der Waals surface area contributed by atoms with Gasteiger partial charge in [-0.25, -0.2) is 13.1 Å². The first-order valence-corrected chi connectivity index (χ1v) is 7.27. The first kappa shape index (κ1) is 13.8. The molecule has 0 aliphatic carbocycles. The number of sulfonamides is 1. The largest absolute Gasteiger partial charge is 0.465 e. The highest BCUT2D eigenvalue weighted by atomic mass is 32.2. The number of rotatable bonds is 6. The summed E-state index contributed by atoms with van der Waals surface area (Å²) in [5, 5.41) is 3.93. The average molecular weight is 284 g/mol. The fraction of sp³-hybridized carbons (Fsp3) is 0.364. The number of hydrogen-bond acceptors (Lipinski definition) is 5. The van der Waals surface area contributed by atoms with Crippen molar-refractivity contribution in [1.82, 2.24) is 14.5 Å². The fourth-order valence-electron chi connectivity index (χ4n) is 1.57. The molecule has 0 spiro atoms. The van der Waals surface area contributed by atoms with Crippen molar-refractivity contribution in [1.29, 1.82) is 0 Å². The fourth-order valence-corrected chi connectivity index (χ4v) is 2.51. The van der Waals surface area contributed by atoms with Gasteiger partial charge in [0.25, 0.3) is 0 Å². The zero-order chi connectivity index (χ0) is 13.9. The van der Waals surface area contributed by atoms with E-state index in [1.807, 2.05) is 0 Å². The third-order valence-electron chi connectivity index (χ3n) is 2.51. The number of aryl methyl sites for hydroxylation is 1. The summed E-state index contributed by atoms with van der Waals surface area (Å²) in [5.74, 6) is 1.31. The quantitative estimate of drug-likeness (QED) is 0.790. The van der Waals surface area contributed by atoms with Crippen molar-refractivity contribution in [3.63, 3.8) is 0 Å². The topological polar surface area (TPSA) is 103 Å². The summed E-state index contributed by atoms with van der Waals surface area (Å²) in [6.45, 7) is 2.79. The van der Waals surface area contributed by atoms with Gasteiger partial charge in [0.2, 0.25) is 10.0 Å². The van der Waals surface area contributed by atoms with Crippen LogP contribution in [-0.4, -0.2) is 24.7 Å². The molecule has 2 heterocycles. The Morgan fingerprint density at radius 1 is 1.47 bits per heavy atom. The van der Waals surface area contributed by atoms with Gasteiger partial charge in [-0.3, -0.25) is 4.68 Å². The van der Waals surface area contributed by atoms with E-state index in [1.165, 1.54) is 17.1 Å². The molecule has 0 aliphatic heterocycles. The van der Waals surface area contributed by atoms with Crippen molar-refractivity contribution >= 4 is 10.0 Å². The Morgan fingerprint density at radius 2 is 2.26 bits per heavy atom. The van der Waals surface area contributed by atoms with Gasteiger partial charge in [-0.05, 0) is 19.1 Å². The molecule has 3 N–H and O–H groups in total. The second-order valence-electron chi connectivity index (χ2n) is 4.06. The highest BCUT2D eigenvalue weighted by Crippen LogP contribution is 2.10. The molecule has 2 aromatic rings. The zero-order valence-electron chi connectivity index (χ0n) is 10.5. The van der Waals surface area contributed by atoms with Gasteiger partial charge in [-0.2, -0.15) is 5.10 Å². The molecule has 0 radical (unpaired) electrons. The lowest BCUT2D eigenvalue weighted by atomic mass is 10.4. The Morgan fingerprint density at radius 3 is 2.89 bits per heavy atom. The molecule has 0 saturated carbocycles. The summed E-state index contributed by atoms with van der Waals surface area (Å²) in [6, 6.07) is 3.51. The normalized spacial score (nSPS) is 11.9. The first-order chi connectivity index (χ1) is 9.01. The van der Waals surface area contributed by atoms with Crippen LogP contribution in [0.25, 0.3) is 0 Å². The van der Waals surface area contributed by atoms with Crippen LogP contribution < -0.4 is 10.5 Å². The Hall–Kier alpha value is -1.64. The van der Waals surface area contributed by atoms with E-state index in [1.54, 1.807) is 19.1 Å². The Kier molecular flexibility index (Phi) is 4.03. The molecular weight excluding hydrogens is 268 g/mol. The van der Waals surface area contributed by atoms with E-state index in [0.29, 0.717) is 18.8 Å². The van der Waals surface area contributed by atoms with Crippen LogP contribution in [-0.2, 0) is 23.1 Å². The molecule has 7 nitrogen and oxygen atoms in total. The van der Waals surface area contributed by atoms with Crippen LogP contribution >= 0.6 is 0 Å². The van der Waals surface area contributed by atoms with Crippen LogP contribution in [0.1, 0.15) is 11.5 Å². The molecule has 2 rings (SSSR count). The van der Waals surface area contributed by atoms with Crippen molar-refractivity contribution < 1.29 is 12.8 Å². The molecule has 0 fully saturated rings. The van der Waals surface area contributed by atoms with Crippen LogP contribution in [0.2, 0.25) is 0 Å². The lowest BCUT2D eigenvalue weighted by Gasteiger charge is -2.02. The second kappa shape index (κ2) is 5.55. The van der Waals surface area contributed by atoms with E-state index < -0.39 is 10.0 Å². The van der Waals surface area contributed by atoms with Crippen LogP contribution in [0.15, 0.2) is 33.8 Å². The minimum atomic E-state index is -3.58. The molecule has 0 aromatic carbocycles. The summed E-state index contributed by atoms with van der Waals surface area (Å²) in [4.78, 5) is 0.115. The Bertz CT molecular complexity index is 644. The minimum absolute atomic E-state index is 0.109. The van der Waals surface area contributed by atoms with Crippen molar-refractivity contribution in [2.24, 2.45) is 5.73 Å². The van der Waals surface area contributed by atoms with Crippen molar-refractivity contribution in [3.05, 3.63) is 36.0 Å². The second-order valence-corrected chi connectivity index (χ2v) is 5.83. The van der Waals surface area contributed by atoms with Crippen LogP contribution in [0.5, 0.6) is 0 Å². The molecule has 0 aliphatic rings. The lowest BCUT2D eigenvalue weighted by Crippen LogP contribution is -2.22. The number of hydrogen-bond donors (Lipinski definition) is 2. The van der Waals surface area contributed by atoms with Crippen LogP contribution in [0.3, 0.4) is 0 Å². The minimum Gasteiger partial charge on any atom is -0.465 e. The van der Waals surface area contributed by atoms with E-state index in [0.717, 1.165) is 5.76 Å². The van der Waals surface area contributed by atoms with E-state index in [-0.39, 0.29) is 11.4 Å². The summed E-state index contributed by atoms with van der Waals surface area (Å²) in [7, 11) is -3.58. The average Bonchev–Trinajstić information content (AvgIpc) is 2.97. The number of nitrogens with zero attached hydrogens (tertiary/aromatic N) is 2. The third kappa shape index (κ3) is 3.43. The van der Waals surface area contributed by atoms with Gasteiger partial charge >= 0.3 is 0 Å². The van der Waals surface area contributed by atoms with Crippen molar-refractivity contribution in [2.75, 3.05) is 6.54 Å². The van der Waals surface area contributed by atoms with Gasteiger partial charge in [0.1, 0.15) is 16.4 Å². The predicted molar refractivity (Wildman–Crippen MR) is 68.8 cm³/mol. The van der Waals surface area contributed by atoms with E-state index in [9.17, 15) is 8.42 Å². The Labute approximate surface area is 111 Å². The summed E-state index contributed by atoms with van der Waals surface area (Å²) >= 11 is 0. The van der Waals surface area contributed by atoms with Gasteiger partial charge in [0.05, 0.1) is 19.3 Å². The van der Waals surface area contributed by atoms with E-state index in [4.69, 9.17) is 10.2 Å². The molecule has 19 heavy (non-hydrogen) atoms. The molecule has 8 heteroatoms.